The Labute approximate surface area is 128 Å². The van der Waals surface area contributed by atoms with E-state index >= 15 is 0 Å². The number of nitrogens with zero attached hydrogens (tertiary/aromatic N) is 1. The summed E-state index contributed by atoms with van der Waals surface area (Å²) in [6, 6.07) is 6.89. The molecule has 0 unspecified atom stereocenters. The van der Waals surface area contributed by atoms with Gasteiger partial charge in [0, 0.05) is 16.7 Å². The fraction of sp³-hybridized carbons (Fsp3) is 0.0833. The van der Waals surface area contributed by atoms with Crippen LogP contribution in [0.5, 0.6) is 5.75 Å². The highest BCUT2D eigenvalue weighted by molar-refractivity contribution is 9.10. The number of hydrogen-bond acceptors (Lipinski definition) is 2. The van der Waals surface area contributed by atoms with Crippen LogP contribution < -0.4 is 4.74 Å². The first-order valence-corrected chi connectivity index (χ1v) is 6.87. The molecule has 0 bridgehead atoms. The van der Waals surface area contributed by atoms with E-state index < -0.39 is 0 Å². The Bertz CT molecular complexity index is 560. The summed E-state index contributed by atoms with van der Waals surface area (Å²) in [5, 5.41) is 1.22. The molecule has 18 heavy (non-hydrogen) atoms. The van der Waals surface area contributed by atoms with E-state index in [4.69, 9.17) is 39.5 Å². The van der Waals surface area contributed by atoms with Crippen LogP contribution in [0.4, 0.5) is 0 Å². The first-order chi connectivity index (χ1) is 8.56. The third kappa shape index (κ3) is 3.51. The molecule has 2 nitrogen and oxygen atoms in total. The molecular formula is C12H7BrCl3NO. The number of ether oxygens (including phenoxy) is 1. The zero-order valence-electron chi connectivity index (χ0n) is 8.96. The van der Waals surface area contributed by atoms with Crippen molar-refractivity contribution in [2.45, 2.75) is 6.61 Å². The van der Waals surface area contributed by atoms with E-state index in [-0.39, 0.29) is 0 Å². The lowest BCUT2D eigenvalue weighted by molar-refractivity contribution is 0.301. The molecule has 0 aliphatic heterocycles. The minimum atomic E-state index is 0.310. The summed E-state index contributed by atoms with van der Waals surface area (Å²) in [5.41, 5.74) is 0.792. The molecule has 0 saturated carbocycles. The van der Waals surface area contributed by atoms with Crippen molar-refractivity contribution in [1.29, 1.82) is 0 Å². The molecule has 0 aliphatic carbocycles. The SMILES string of the molecule is Clc1cc(Cl)c(OCc2ccc(Br)cn2)cc1Cl. The largest absolute Gasteiger partial charge is 0.486 e. The number of pyridine rings is 1. The van der Waals surface area contributed by atoms with Crippen LogP contribution in [0.3, 0.4) is 0 Å². The molecule has 1 aromatic carbocycles. The second-order valence-electron chi connectivity index (χ2n) is 3.45. The third-order valence-electron chi connectivity index (χ3n) is 2.14. The van der Waals surface area contributed by atoms with E-state index in [0.717, 1.165) is 10.2 Å². The van der Waals surface area contributed by atoms with Gasteiger partial charge in [0.25, 0.3) is 0 Å². The molecule has 2 aromatic rings. The maximum absolute atomic E-state index is 6.00. The fourth-order valence-corrected chi connectivity index (χ4v) is 2.08. The molecule has 0 saturated heterocycles. The Kier molecular flexibility index (Phi) is 4.73. The average Bonchev–Trinajstić information content (AvgIpc) is 2.34. The predicted octanol–water partition coefficient (Wildman–Crippen LogP) is 5.38. The van der Waals surface area contributed by atoms with Gasteiger partial charge in [-0.15, -0.1) is 0 Å². The van der Waals surface area contributed by atoms with Crippen molar-refractivity contribution in [2.75, 3.05) is 0 Å². The van der Waals surface area contributed by atoms with Crippen molar-refractivity contribution in [3.63, 3.8) is 0 Å². The topological polar surface area (TPSA) is 22.1 Å². The summed E-state index contributed by atoms with van der Waals surface area (Å²) in [6.07, 6.45) is 1.70. The van der Waals surface area contributed by atoms with Gasteiger partial charge in [-0.05, 0) is 34.1 Å². The van der Waals surface area contributed by atoms with Gasteiger partial charge < -0.3 is 4.74 Å². The van der Waals surface area contributed by atoms with Gasteiger partial charge in [0.2, 0.25) is 0 Å². The summed E-state index contributed by atoms with van der Waals surface area (Å²) in [5.74, 6) is 0.482. The minimum absolute atomic E-state index is 0.310. The van der Waals surface area contributed by atoms with Gasteiger partial charge in [0.05, 0.1) is 20.8 Å². The van der Waals surface area contributed by atoms with Crippen molar-refractivity contribution in [3.05, 3.63) is 55.7 Å². The molecule has 6 heteroatoms. The lowest BCUT2D eigenvalue weighted by Crippen LogP contribution is -1.98. The summed E-state index contributed by atoms with van der Waals surface area (Å²) in [4.78, 5) is 4.19. The zero-order valence-corrected chi connectivity index (χ0v) is 12.8. The average molecular weight is 367 g/mol. The highest BCUT2D eigenvalue weighted by Gasteiger charge is 2.07. The minimum Gasteiger partial charge on any atom is -0.486 e. The molecule has 0 spiro atoms. The monoisotopic (exact) mass is 365 g/mol. The van der Waals surface area contributed by atoms with Crippen molar-refractivity contribution >= 4 is 50.7 Å². The molecule has 0 fully saturated rings. The third-order valence-corrected chi connectivity index (χ3v) is 3.63. The maximum Gasteiger partial charge on any atom is 0.140 e. The Balaban J connectivity index is 2.10. The van der Waals surface area contributed by atoms with E-state index in [2.05, 4.69) is 20.9 Å². The van der Waals surface area contributed by atoms with Gasteiger partial charge >= 0.3 is 0 Å². The molecule has 1 heterocycles. The number of halogens is 4. The van der Waals surface area contributed by atoms with Gasteiger partial charge in [0.1, 0.15) is 12.4 Å². The molecule has 0 atom stereocenters. The van der Waals surface area contributed by atoms with Gasteiger partial charge in [0.15, 0.2) is 0 Å². The van der Waals surface area contributed by atoms with Crippen LogP contribution in [0.25, 0.3) is 0 Å². The van der Waals surface area contributed by atoms with Gasteiger partial charge in [-0.2, -0.15) is 0 Å². The molecular weight excluding hydrogens is 360 g/mol. The Morgan fingerprint density at radius 2 is 1.78 bits per heavy atom. The van der Waals surface area contributed by atoms with E-state index in [1.807, 2.05) is 12.1 Å². The lowest BCUT2D eigenvalue weighted by Gasteiger charge is -2.09. The van der Waals surface area contributed by atoms with Crippen LogP contribution in [0, 0.1) is 0 Å². The molecule has 0 N–H and O–H groups in total. The second kappa shape index (κ2) is 6.11. The van der Waals surface area contributed by atoms with E-state index in [9.17, 15) is 0 Å². The molecule has 1 aromatic heterocycles. The maximum atomic E-state index is 6.00. The molecule has 0 radical (unpaired) electrons. The highest BCUT2D eigenvalue weighted by atomic mass is 79.9. The van der Waals surface area contributed by atoms with Crippen molar-refractivity contribution < 1.29 is 4.74 Å². The highest BCUT2D eigenvalue weighted by Crippen LogP contribution is 2.34. The van der Waals surface area contributed by atoms with Crippen LogP contribution in [0.2, 0.25) is 15.1 Å². The van der Waals surface area contributed by atoms with Crippen LogP contribution >= 0.6 is 50.7 Å². The summed E-state index contributed by atoms with van der Waals surface area (Å²) < 4.78 is 6.46. The number of rotatable bonds is 3. The van der Waals surface area contributed by atoms with E-state index in [0.29, 0.717) is 27.4 Å². The smallest absolute Gasteiger partial charge is 0.140 e. The van der Waals surface area contributed by atoms with Gasteiger partial charge in [-0.1, -0.05) is 34.8 Å². The van der Waals surface area contributed by atoms with Crippen molar-refractivity contribution in [2.24, 2.45) is 0 Å². The van der Waals surface area contributed by atoms with E-state index in [1.54, 1.807) is 18.3 Å². The zero-order chi connectivity index (χ0) is 13.1. The van der Waals surface area contributed by atoms with Gasteiger partial charge in [-0.3, -0.25) is 4.98 Å². The van der Waals surface area contributed by atoms with Crippen molar-refractivity contribution in [1.82, 2.24) is 4.98 Å². The number of hydrogen-bond donors (Lipinski definition) is 0. The summed E-state index contributed by atoms with van der Waals surface area (Å²) in [6.45, 7) is 0.310. The normalized spacial score (nSPS) is 10.4. The quantitative estimate of drug-likeness (QED) is 0.679. The lowest BCUT2D eigenvalue weighted by atomic mass is 10.3. The Morgan fingerprint density at radius 3 is 2.44 bits per heavy atom. The van der Waals surface area contributed by atoms with Gasteiger partial charge in [-0.25, -0.2) is 0 Å². The Morgan fingerprint density at radius 1 is 1.06 bits per heavy atom. The number of benzene rings is 1. The van der Waals surface area contributed by atoms with Crippen LogP contribution in [0.1, 0.15) is 5.69 Å². The summed E-state index contributed by atoms with van der Waals surface area (Å²) >= 11 is 21.0. The molecule has 2 rings (SSSR count). The van der Waals surface area contributed by atoms with Crippen LogP contribution in [0.15, 0.2) is 34.9 Å². The standard InChI is InChI=1S/C12H7BrCl3NO/c13-7-1-2-8(17-5-7)6-18-12-4-10(15)9(14)3-11(12)16/h1-5H,6H2. The first-order valence-electron chi connectivity index (χ1n) is 4.94. The second-order valence-corrected chi connectivity index (χ2v) is 5.59. The first kappa shape index (κ1) is 13.9. The molecule has 0 amide bonds. The van der Waals surface area contributed by atoms with Crippen LogP contribution in [-0.4, -0.2) is 4.98 Å². The van der Waals surface area contributed by atoms with Crippen molar-refractivity contribution in [3.8, 4) is 5.75 Å². The molecule has 94 valence electrons. The predicted molar refractivity (Wildman–Crippen MR) is 77.7 cm³/mol. The number of aromatic nitrogens is 1. The Hall–Kier alpha value is -0.480. The van der Waals surface area contributed by atoms with E-state index in [1.165, 1.54) is 0 Å². The fourth-order valence-electron chi connectivity index (χ4n) is 1.26. The molecule has 0 aliphatic rings. The summed E-state index contributed by atoms with van der Waals surface area (Å²) in [7, 11) is 0. The van der Waals surface area contributed by atoms with Crippen LogP contribution in [-0.2, 0) is 6.61 Å².